The number of rotatable bonds is 1. The van der Waals surface area contributed by atoms with Crippen molar-refractivity contribution in [3.05, 3.63) is 48.0 Å². The van der Waals surface area contributed by atoms with E-state index >= 15 is 0 Å². The average molecular weight is 172 g/mol. The Kier molecular flexibility index (Phi) is 1.45. The van der Waals surface area contributed by atoms with Crippen LogP contribution in [-0.2, 0) is 4.74 Å². The van der Waals surface area contributed by atoms with E-state index in [1.54, 1.807) is 6.26 Å². The standard InChI is InChI=1S/C12H12O/c1-3-10(9-6-7-9)11-4-2-8-13-12(11)5-1/h1-5,8-10H,6-7H2. The van der Waals surface area contributed by atoms with Crippen LogP contribution in [0.4, 0.5) is 0 Å². The minimum Gasteiger partial charge on any atom is -0.465 e. The van der Waals surface area contributed by atoms with Crippen LogP contribution in [0.3, 0.4) is 0 Å². The van der Waals surface area contributed by atoms with E-state index in [0.29, 0.717) is 5.92 Å². The lowest BCUT2D eigenvalue weighted by molar-refractivity contribution is 0.343. The van der Waals surface area contributed by atoms with Crippen molar-refractivity contribution < 1.29 is 4.74 Å². The molecule has 0 saturated heterocycles. The van der Waals surface area contributed by atoms with Gasteiger partial charge in [-0.25, -0.2) is 0 Å². The zero-order valence-corrected chi connectivity index (χ0v) is 7.44. The molecular formula is C12H12O. The van der Waals surface area contributed by atoms with E-state index < -0.39 is 0 Å². The van der Waals surface area contributed by atoms with Crippen molar-refractivity contribution in [1.82, 2.24) is 0 Å². The Labute approximate surface area is 78.1 Å². The predicted octanol–water partition coefficient (Wildman–Crippen LogP) is 2.94. The lowest BCUT2D eigenvalue weighted by atomic mass is 9.88. The minimum atomic E-state index is 0.616. The summed E-state index contributed by atoms with van der Waals surface area (Å²) >= 11 is 0. The van der Waals surface area contributed by atoms with Gasteiger partial charge in [0.05, 0.1) is 6.26 Å². The smallest absolute Gasteiger partial charge is 0.130 e. The monoisotopic (exact) mass is 172 g/mol. The molecule has 0 aromatic rings. The fraction of sp³-hybridized carbons (Fsp3) is 0.333. The van der Waals surface area contributed by atoms with Crippen molar-refractivity contribution in [2.75, 3.05) is 0 Å². The zero-order chi connectivity index (χ0) is 8.67. The lowest BCUT2D eigenvalue weighted by Gasteiger charge is -2.23. The summed E-state index contributed by atoms with van der Waals surface area (Å²) in [6.45, 7) is 0. The van der Waals surface area contributed by atoms with Crippen LogP contribution in [0.1, 0.15) is 12.8 Å². The molecule has 2 aliphatic carbocycles. The van der Waals surface area contributed by atoms with E-state index in [0.717, 1.165) is 11.7 Å². The Morgan fingerprint density at radius 3 is 2.92 bits per heavy atom. The van der Waals surface area contributed by atoms with Gasteiger partial charge in [0.2, 0.25) is 0 Å². The fourth-order valence-corrected chi connectivity index (χ4v) is 2.05. The first-order valence-electron chi connectivity index (χ1n) is 4.87. The Hall–Kier alpha value is -1.24. The highest BCUT2D eigenvalue weighted by atomic mass is 16.5. The topological polar surface area (TPSA) is 9.23 Å². The molecule has 0 N–H and O–H groups in total. The fourth-order valence-electron chi connectivity index (χ4n) is 2.05. The molecule has 0 amide bonds. The van der Waals surface area contributed by atoms with Crippen LogP contribution in [0.5, 0.6) is 0 Å². The highest BCUT2D eigenvalue weighted by Gasteiger charge is 2.34. The quantitative estimate of drug-likeness (QED) is 0.591. The Morgan fingerprint density at radius 2 is 2.08 bits per heavy atom. The molecule has 1 nitrogen and oxygen atoms in total. The van der Waals surface area contributed by atoms with E-state index in [4.69, 9.17) is 4.74 Å². The van der Waals surface area contributed by atoms with Gasteiger partial charge in [-0.05, 0) is 30.9 Å². The van der Waals surface area contributed by atoms with Crippen LogP contribution in [0.2, 0.25) is 0 Å². The van der Waals surface area contributed by atoms with Gasteiger partial charge in [-0.3, -0.25) is 0 Å². The highest BCUT2D eigenvalue weighted by molar-refractivity contribution is 5.43. The van der Waals surface area contributed by atoms with Crippen molar-refractivity contribution in [2.45, 2.75) is 12.8 Å². The molecule has 66 valence electrons. The van der Waals surface area contributed by atoms with Gasteiger partial charge in [0.1, 0.15) is 5.76 Å². The molecule has 0 spiro atoms. The maximum Gasteiger partial charge on any atom is 0.130 e. The molecule has 1 aliphatic heterocycles. The molecule has 0 radical (unpaired) electrons. The van der Waals surface area contributed by atoms with Crippen molar-refractivity contribution in [2.24, 2.45) is 11.8 Å². The van der Waals surface area contributed by atoms with Crippen LogP contribution in [-0.4, -0.2) is 0 Å². The Morgan fingerprint density at radius 1 is 1.15 bits per heavy atom. The van der Waals surface area contributed by atoms with Gasteiger partial charge in [0.15, 0.2) is 0 Å². The predicted molar refractivity (Wildman–Crippen MR) is 51.7 cm³/mol. The summed E-state index contributed by atoms with van der Waals surface area (Å²) in [6, 6.07) is 0. The van der Waals surface area contributed by atoms with Gasteiger partial charge in [-0.1, -0.05) is 18.2 Å². The third kappa shape index (κ3) is 1.15. The van der Waals surface area contributed by atoms with Gasteiger partial charge in [-0.2, -0.15) is 0 Å². The van der Waals surface area contributed by atoms with E-state index in [2.05, 4.69) is 18.2 Å². The molecule has 1 atom stereocenters. The number of fused-ring (bicyclic) bond motifs is 1. The zero-order valence-electron chi connectivity index (χ0n) is 7.44. The van der Waals surface area contributed by atoms with Gasteiger partial charge in [0.25, 0.3) is 0 Å². The lowest BCUT2D eigenvalue weighted by Crippen LogP contribution is -2.11. The first kappa shape index (κ1) is 7.19. The average Bonchev–Trinajstić information content (AvgIpc) is 3.00. The van der Waals surface area contributed by atoms with Crippen LogP contribution >= 0.6 is 0 Å². The van der Waals surface area contributed by atoms with Crippen molar-refractivity contribution in [3.63, 3.8) is 0 Å². The van der Waals surface area contributed by atoms with Gasteiger partial charge in [-0.15, -0.1) is 0 Å². The summed E-state index contributed by atoms with van der Waals surface area (Å²) in [6.07, 6.45) is 15.1. The van der Waals surface area contributed by atoms with E-state index in [9.17, 15) is 0 Å². The first-order chi connectivity index (χ1) is 6.45. The van der Waals surface area contributed by atoms with Crippen molar-refractivity contribution >= 4 is 0 Å². The van der Waals surface area contributed by atoms with Crippen molar-refractivity contribution in [1.29, 1.82) is 0 Å². The van der Waals surface area contributed by atoms with Crippen LogP contribution < -0.4 is 0 Å². The number of ether oxygens (including phenoxy) is 1. The molecule has 1 unspecified atom stereocenters. The normalized spacial score (nSPS) is 30.3. The molecule has 1 heteroatoms. The van der Waals surface area contributed by atoms with Gasteiger partial charge >= 0.3 is 0 Å². The van der Waals surface area contributed by atoms with Crippen LogP contribution in [0.25, 0.3) is 0 Å². The Balaban J connectivity index is 1.98. The second kappa shape index (κ2) is 2.63. The summed E-state index contributed by atoms with van der Waals surface area (Å²) < 4.78 is 5.45. The first-order valence-corrected chi connectivity index (χ1v) is 4.87. The maximum atomic E-state index is 5.45. The second-order valence-electron chi connectivity index (χ2n) is 3.85. The molecule has 13 heavy (non-hydrogen) atoms. The molecule has 0 aromatic carbocycles. The van der Waals surface area contributed by atoms with Crippen LogP contribution in [0.15, 0.2) is 48.0 Å². The number of hydrogen-bond acceptors (Lipinski definition) is 1. The summed E-state index contributed by atoms with van der Waals surface area (Å²) in [5.41, 5.74) is 1.37. The van der Waals surface area contributed by atoms with Gasteiger partial charge in [0, 0.05) is 11.5 Å². The second-order valence-corrected chi connectivity index (χ2v) is 3.85. The third-order valence-corrected chi connectivity index (χ3v) is 2.89. The molecule has 1 fully saturated rings. The molecule has 3 rings (SSSR count). The Bertz CT molecular complexity index is 340. The summed E-state index contributed by atoms with van der Waals surface area (Å²) in [7, 11) is 0. The summed E-state index contributed by atoms with van der Waals surface area (Å²) in [5.74, 6) is 2.54. The molecule has 1 saturated carbocycles. The molecule has 1 heterocycles. The SMILES string of the molecule is C1=COC2=CC=CC(C3CC3)C2=C1. The van der Waals surface area contributed by atoms with Crippen molar-refractivity contribution in [3.8, 4) is 0 Å². The van der Waals surface area contributed by atoms with E-state index in [-0.39, 0.29) is 0 Å². The van der Waals surface area contributed by atoms with Crippen LogP contribution in [0, 0.1) is 11.8 Å². The summed E-state index contributed by atoms with van der Waals surface area (Å²) in [4.78, 5) is 0. The van der Waals surface area contributed by atoms with E-state index in [1.165, 1.54) is 18.4 Å². The summed E-state index contributed by atoms with van der Waals surface area (Å²) in [5, 5.41) is 0. The molecular weight excluding hydrogens is 160 g/mol. The maximum absolute atomic E-state index is 5.45. The largest absolute Gasteiger partial charge is 0.465 e. The molecule has 3 aliphatic rings. The number of allylic oxidation sites excluding steroid dienone is 6. The third-order valence-electron chi connectivity index (χ3n) is 2.89. The minimum absolute atomic E-state index is 0.616. The van der Waals surface area contributed by atoms with Gasteiger partial charge < -0.3 is 4.74 Å². The molecule has 0 aromatic heterocycles. The van der Waals surface area contributed by atoms with E-state index in [1.807, 2.05) is 12.2 Å². The highest BCUT2D eigenvalue weighted by Crippen LogP contribution is 2.45. The molecule has 0 bridgehead atoms. The number of hydrogen-bond donors (Lipinski definition) is 0.